The van der Waals surface area contributed by atoms with Crippen LogP contribution in [0.2, 0.25) is 0 Å². The van der Waals surface area contributed by atoms with Gasteiger partial charge in [-0.3, -0.25) is 4.90 Å². The van der Waals surface area contributed by atoms with Crippen LogP contribution in [0.5, 0.6) is 0 Å². The van der Waals surface area contributed by atoms with E-state index in [0.29, 0.717) is 19.0 Å². The van der Waals surface area contributed by atoms with Crippen molar-refractivity contribution in [1.29, 1.82) is 0 Å². The molecule has 1 atom stereocenters. The van der Waals surface area contributed by atoms with Crippen molar-refractivity contribution >= 4 is 22.9 Å². The Labute approximate surface area is 105 Å². The van der Waals surface area contributed by atoms with Crippen LogP contribution in [-0.2, 0) is 17.2 Å². The fourth-order valence-electron chi connectivity index (χ4n) is 1.38. The molecule has 16 heavy (non-hydrogen) atoms. The van der Waals surface area contributed by atoms with E-state index in [2.05, 4.69) is 4.98 Å². The number of halogens is 1. The lowest BCUT2D eigenvalue weighted by Crippen LogP contribution is -2.31. The van der Waals surface area contributed by atoms with E-state index in [9.17, 15) is 5.11 Å². The van der Waals surface area contributed by atoms with Crippen molar-refractivity contribution in [3.05, 3.63) is 16.1 Å². The van der Waals surface area contributed by atoms with Gasteiger partial charge in [-0.1, -0.05) is 0 Å². The normalized spacial score (nSPS) is 13.3. The first kappa shape index (κ1) is 13.9. The lowest BCUT2D eigenvalue weighted by molar-refractivity contribution is 0.0418. The van der Waals surface area contributed by atoms with Crippen molar-refractivity contribution < 1.29 is 9.84 Å². The van der Waals surface area contributed by atoms with Crippen LogP contribution in [0.1, 0.15) is 10.7 Å². The van der Waals surface area contributed by atoms with Crippen LogP contribution in [0.3, 0.4) is 0 Å². The van der Waals surface area contributed by atoms with Gasteiger partial charge in [-0.2, -0.15) is 0 Å². The average molecular weight is 265 g/mol. The quantitative estimate of drug-likeness (QED) is 0.755. The Bertz CT molecular complexity index is 309. The third kappa shape index (κ3) is 4.76. The molecule has 0 saturated heterocycles. The minimum atomic E-state index is -0.456. The Hall–Kier alpha value is -0.200. The van der Waals surface area contributed by atoms with Gasteiger partial charge in [0.05, 0.1) is 30.8 Å². The topological polar surface area (TPSA) is 45.6 Å². The van der Waals surface area contributed by atoms with E-state index in [1.54, 1.807) is 18.4 Å². The number of hydrogen-bond donors (Lipinski definition) is 1. The molecule has 0 aliphatic heterocycles. The van der Waals surface area contributed by atoms with Gasteiger partial charge < -0.3 is 9.84 Å². The Morgan fingerprint density at radius 1 is 1.69 bits per heavy atom. The maximum absolute atomic E-state index is 9.54. The van der Waals surface area contributed by atoms with Gasteiger partial charge in [-0.05, 0) is 7.05 Å². The summed E-state index contributed by atoms with van der Waals surface area (Å²) in [6, 6.07) is 0. The van der Waals surface area contributed by atoms with E-state index in [1.807, 2.05) is 17.3 Å². The molecular formula is C10H17ClN2O2S. The van der Waals surface area contributed by atoms with E-state index in [1.165, 1.54) is 0 Å². The van der Waals surface area contributed by atoms with Gasteiger partial charge in [-0.15, -0.1) is 22.9 Å². The van der Waals surface area contributed by atoms with Crippen molar-refractivity contribution in [3.8, 4) is 0 Å². The summed E-state index contributed by atoms with van der Waals surface area (Å²) < 4.78 is 4.87. The number of rotatable bonds is 7. The Morgan fingerprint density at radius 3 is 3.00 bits per heavy atom. The number of aromatic nitrogens is 1. The summed E-state index contributed by atoms with van der Waals surface area (Å²) in [7, 11) is 3.53. The molecule has 1 heterocycles. The second-order valence-electron chi connectivity index (χ2n) is 3.67. The Balaban J connectivity index is 2.35. The highest BCUT2D eigenvalue weighted by molar-refractivity contribution is 7.09. The zero-order valence-electron chi connectivity index (χ0n) is 9.52. The van der Waals surface area contributed by atoms with E-state index < -0.39 is 6.10 Å². The molecule has 0 saturated carbocycles. The van der Waals surface area contributed by atoms with Gasteiger partial charge in [0.15, 0.2) is 0 Å². The van der Waals surface area contributed by atoms with Crippen LogP contribution in [-0.4, -0.2) is 48.4 Å². The predicted molar refractivity (Wildman–Crippen MR) is 65.9 cm³/mol. The summed E-state index contributed by atoms with van der Waals surface area (Å²) >= 11 is 7.27. The maximum Gasteiger partial charge on any atom is 0.107 e. The second kappa shape index (κ2) is 7.19. The van der Waals surface area contributed by atoms with Crippen molar-refractivity contribution in [1.82, 2.24) is 9.88 Å². The fourth-order valence-corrected chi connectivity index (χ4v) is 2.48. The number of methoxy groups -OCH3 is 1. The molecule has 1 aromatic rings. The molecule has 1 N–H and O–H groups in total. The predicted octanol–water partition coefficient (Wildman–Crippen LogP) is 1.32. The number of likely N-dealkylation sites (N-methyl/N-ethyl adjacent to an activating group) is 1. The minimum absolute atomic E-state index is 0.356. The molecular weight excluding hydrogens is 248 g/mol. The number of alkyl halides is 1. The van der Waals surface area contributed by atoms with E-state index in [0.717, 1.165) is 17.2 Å². The largest absolute Gasteiger partial charge is 0.389 e. The number of hydrogen-bond acceptors (Lipinski definition) is 5. The summed E-state index contributed by atoms with van der Waals surface area (Å²) in [6.07, 6.45) is -0.456. The van der Waals surface area contributed by atoms with Gasteiger partial charge in [-0.25, -0.2) is 4.98 Å². The summed E-state index contributed by atoms with van der Waals surface area (Å²) in [4.78, 5) is 6.37. The molecule has 1 rings (SSSR count). The second-order valence-corrected chi connectivity index (χ2v) is 4.88. The molecule has 0 bridgehead atoms. The molecule has 0 fully saturated rings. The van der Waals surface area contributed by atoms with Gasteiger partial charge in [0, 0.05) is 19.0 Å². The zero-order valence-corrected chi connectivity index (χ0v) is 11.1. The standard InChI is InChI=1S/C10H17ClN2O2S/c1-13(4-9(14)6-15-2)5-10-12-8(3-11)7-16-10/h7,9,14H,3-6H2,1-2H3. The van der Waals surface area contributed by atoms with Crippen LogP contribution in [0.15, 0.2) is 5.38 Å². The lowest BCUT2D eigenvalue weighted by atomic mass is 10.3. The summed E-state index contributed by atoms with van der Waals surface area (Å²) in [6.45, 7) is 1.65. The first-order valence-corrected chi connectivity index (χ1v) is 6.42. The van der Waals surface area contributed by atoms with Gasteiger partial charge in [0.1, 0.15) is 5.01 Å². The van der Waals surface area contributed by atoms with E-state index >= 15 is 0 Å². The lowest BCUT2D eigenvalue weighted by Gasteiger charge is -2.18. The molecule has 6 heteroatoms. The third-order valence-corrected chi connectivity index (χ3v) is 3.18. The number of nitrogens with zero attached hydrogens (tertiary/aromatic N) is 2. The van der Waals surface area contributed by atoms with Crippen LogP contribution < -0.4 is 0 Å². The smallest absolute Gasteiger partial charge is 0.107 e. The molecule has 1 aromatic heterocycles. The molecule has 0 aliphatic carbocycles. The molecule has 0 aromatic carbocycles. The SMILES string of the molecule is COCC(O)CN(C)Cc1nc(CCl)cs1. The number of aliphatic hydroxyl groups is 1. The minimum Gasteiger partial charge on any atom is -0.389 e. The van der Waals surface area contributed by atoms with Crippen LogP contribution in [0, 0.1) is 0 Å². The zero-order chi connectivity index (χ0) is 12.0. The fraction of sp³-hybridized carbons (Fsp3) is 0.700. The van der Waals surface area contributed by atoms with Crippen LogP contribution in [0.4, 0.5) is 0 Å². The highest BCUT2D eigenvalue weighted by atomic mass is 35.5. The number of aliphatic hydroxyl groups excluding tert-OH is 1. The van der Waals surface area contributed by atoms with Crippen molar-refractivity contribution in [3.63, 3.8) is 0 Å². The number of thiazole rings is 1. The summed E-state index contributed by atoms with van der Waals surface area (Å²) in [5.74, 6) is 0.451. The van der Waals surface area contributed by atoms with E-state index in [4.69, 9.17) is 16.3 Å². The molecule has 0 spiro atoms. The third-order valence-electron chi connectivity index (χ3n) is 2.02. The highest BCUT2D eigenvalue weighted by Crippen LogP contribution is 2.13. The Kier molecular flexibility index (Phi) is 6.23. The summed E-state index contributed by atoms with van der Waals surface area (Å²) in [5, 5.41) is 12.5. The Morgan fingerprint density at radius 2 is 2.44 bits per heavy atom. The van der Waals surface area contributed by atoms with Gasteiger partial charge >= 0.3 is 0 Å². The van der Waals surface area contributed by atoms with Crippen LogP contribution in [0.25, 0.3) is 0 Å². The van der Waals surface area contributed by atoms with Crippen molar-refractivity contribution in [2.24, 2.45) is 0 Å². The van der Waals surface area contributed by atoms with Crippen LogP contribution >= 0.6 is 22.9 Å². The summed E-state index contributed by atoms with van der Waals surface area (Å²) in [5.41, 5.74) is 0.910. The average Bonchev–Trinajstić information content (AvgIpc) is 2.65. The molecule has 4 nitrogen and oxygen atoms in total. The van der Waals surface area contributed by atoms with Gasteiger partial charge in [0.2, 0.25) is 0 Å². The molecule has 0 amide bonds. The molecule has 1 unspecified atom stereocenters. The monoisotopic (exact) mass is 264 g/mol. The van der Waals surface area contributed by atoms with E-state index in [-0.39, 0.29) is 0 Å². The first-order valence-electron chi connectivity index (χ1n) is 5.00. The number of ether oxygens (including phenoxy) is 1. The molecule has 0 aliphatic rings. The van der Waals surface area contributed by atoms with Gasteiger partial charge in [0.25, 0.3) is 0 Å². The maximum atomic E-state index is 9.54. The molecule has 0 radical (unpaired) electrons. The molecule has 92 valence electrons. The first-order chi connectivity index (χ1) is 7.65. The highest BCUT2D eigenvalue weighted by Gasteiger charge is 2.10. The van der Waals surface area contributed by atoms with Crippen molar-refractivity contribution in [2.75, 3.05) is 27.3 Å². The van der Waals surface area contributed by atoms with Crippen molar-refractivity contribution in [2.45, 2.75) is 18.5 Å².